The number of benzene rings is 2. The zero-order chi connectivity index (χ0) is 21.2. The average molecular weight is 398 g/mol. The molecule has 1 heterocycles. The van der Waals surface area contributed by atoms with Crippen molar-refractivity contribution in [2.45, 2.75) is 19.9 Å². The number of nitrogens with zero attached hydrogens (tertiary/aromatic N) is 2. The monoisotopic (exact) mass is 398 g/mol. The molecule has 29 heavy (non-hydrogen) atoms. The lowest BCUT2D eigenvalue weighted by atomic mass is 10.1. The molecule has 1 aliphatic heterocycles. The molecule has 3 rings (SSSR count). The molecule has 7 heteroatoms. The Hall–Kier alpha value is -3.19. The molecule has 0 aliphatic carbocycles. The van der Waals surface area contributed by atoms with E-state index < -0.39 is 11.9 Å². The fourth-order valence-corrected chi connectivity index (χ4v) is 3.07. The fraction of sp³-hybridized carbons (Fsp3) is 0.318. The van der Waals surface area contributed by atoms with Crippen molar-refractivity contribution in [2.24, 2.45) is 0 Å². The van der Waals surface area contributed by atoms with E-state index in [9.17, 15) is 4.79 Å². The predicted octanol–water partition coefficient (Wildman–Crippen LogP) is 2.04. The van der Waals surface area contributed by atoms with Crippen LogP contribution < -0.4 is 0 Å². The second-order valence-electron chi connectivity index (χ2n) is 6.86. The standard InChI is InChI=1S/C20H24N2O.C2H2O4/c1-17-7-5-6-10-19(17)16-21-11-13-22(14-12-21)20(23)15-18-8-3-2-4-9-18;3-1(4)2(5)6/h2-10H,11-16H2,1H3;(H,3,4)(H,5,6). The number of amides is 1. The van der Waals surface area contributed by atoms with Crippen molar-refractivity contribution >= 4 is 17.8 Å². The van der Waals surface area contributed by atoms with E-state index in [0.29, 0.717) is 6.42 Å². The molecule has 1 fully saturated rings. The molecule has 1 amide bonds. The van der Waals surface area contributed by atoms with Crippen molar-refractivity contribution in [2.75, 3.05) is 26.2 Å². The van der Waals surface area contributed by atoms with Gasteiger partial charge in [-0.1, -0.05) is 54.6 Å². The van der Waals surface area contributed by atoms with Gasteiger partial charge in [-0.2, -0.15) is 0 Å². The quantitative estimate of drug-likeness (QED) is 0.765. The summed E-state index contributed by atoms with van der Waals surface area (Å²) in [4.78, 5) is 35.0. The summed E-state index contributed by atoms with van der Waals surface area (Å²) in [6.45, 7) is 6.71. The summed E-state index contributed by atoms with van der Waals surface area (Å²) in [6.07, 6.45) is 0.513. The highest BCUT2D eigenvalue weighted by Crippen LogP contribution is 2.13. The number of aryl methyl sites for hydroxylation is 1. The van der Waals surface area contributed by atoms with E-state index in [1.54, 1.807) is 0 Å². The molecule has 1 saturated heterocycles. The highest BCUT2D eigenvalue weighted by Gasteiger charge is 2.21. The number of aliphatic carboxylic acids is 2. The topological polar surface area (TPSA) is 98.2 Å². The molecule has 1 aliphatic rings. The second kappa shape index (κ2) is 11.0. The van der Waals surface area contributed by atoms with Crippen LogP contribution in [0.4, 0.5) is 0 Å². The number of piperazine rings is 1. The molecule has 154 valence electrons. The third kappa shape index (κ3) is 7.38. The van der Waals surface area contributed by atoms with Crippen LogP contribution in [-0.2, 0) is 27.3 Å². The summed E-state index contributed by atoms with van der Waals surface area (Å²) in [6, 6.07) is 18.5. The van der Waals surface area contributed by atoms with E-state index >= 15 is 0 Å². The largest absolute Gasteiger partial charge is 0.473 e. The Morgan fingerprint density at radius 2 is 1.38 bits per heavy atom. The van der Waals surface area contributed by atoms with Gasteiger partial charge in [0.1, 0.15) is 0 Å². The van der Waals surface area contributed by atoms with Gasteiger partial charge in [0.15, 0.2) is 0 Å². The minimum atomic E-state index is -1.82. The van der Waals surface area contributed by atoms with Crippen molar-refractivity contribution < 1.29 is 24.6 Å². The lowest BCUT2D eigenvalue weighted by Gasteiger charge is -2.35. The highest BCUT2D eigenvalue weighted by atomic mass is 16.4. The highest BCUT2D eigenvalue weighted by molar-refractivity contribution is 6.27. The van der Waals surface area contributed by atoms with Gasteiger partial charge in [0, 0.05) is 32.7 Å². The van der Waals surface area contributed by atoms with Gasteiger partial charge >= 0.3 is 11.9 Å². The average Bonchev–Trinajstić information content (AvgIpc) is 2.71. The van der Waals surface area contributed by atoms with Crippen LogP contribution in [0.25, 0.3) is 0 Å². The Bertz CT molecular complexity index is 818. The summed E-state index contributed by atoms with van der Waals surface area (Å²) in [7, 11) is 0. The van der Waals surface area contributed by atoms with Gasteiger partial charge in [-0.15, -0.1) is 0 Å². The maximum Gasteiger partial charge on any atom is 0.414 e. The third-order valence-corrected chi connectivity index (χ3v) is 4.76. The van der Waals surface area contributed by atoms with Crippen molar-refractivity contribution in [3.8, 4) is 0 Å². The molecule has 2 aromatic rings. The lowest BCUT2D eigenvalue weighted by Crippen LogP contribution is -2.48. The van der Waals surface area contributed by atoms with E-state index in [1.165, 1.54) is 11.1 Å². The van der Waals surface area contributed by atoms with Crippen LogP contribution >= 0.6 is 0 Å². The predicted molar refractivity (Wildman–Crippen MR) is 108 cm³/mol. The fourth-order valence-electron chi connectivity index (χ4n) is 3.07. The molecular weight excluding hydrogens is 372 g/mol. The van der Waals surface area contributed by atoms with Crippen LogP contribution in [0.15, 0.2) is 54.6 Å². The zero-order valence-electron chi connectivity index (χ0n) is 16.5. The van der Waals surface area contributed by atoms with Gasteiger partial charge in [-0.25, -0.2) is 9.59 Å². The Kier molecular flexibility index (Phi) is 8.36. The van der Waals surface area contributed by atoms with Crippen LogP contribution in [0.1, 0.15) is 16.7 Å². The van der Waals surface area contributed by atoms with E-state index in [-0.39, 0.29) is 5.91 Å². The lowest BCUT2D eigenvalue weighted by molar-refractivity contribution is -0.159. The molecule has 0 saturated carbocycles. The van der Waals surface area contributed by atoms with Crippen LogP contribution in [0, 0.1) is 6.92 Å². The van der Waals surface area contributed by atoms with Gasteiger partial charge in [0.25, 0.3) is 0 Å². The third-order valence-electron chi connectivity index (χ3n) is 4.76. The normalized spacial score (nSPS) is 13.9. The van der Waals surface area contributed by atoms with Crippen molar-refractivity contribution in [3.63, 3.8) is 0 Å². The molecule has 0 unspecified atom stereocenters. The van der Waals surface area contributed by atoms with E-state index in [1.807, 2.05) is 35.2 Å². The first-order valence-electron chi connectivity index (χ1n) is 9.41. The molecular formula is C22H26N2O5. The zero-order valence-corrected chi connectivity index (χ0v) is 16.5. The van der Waals surface area contributed by atoms with Crippen LogP contribution in [-0.4, -0.2) is 64.0 Å². The number of hydrogen-bond donors (Lipinski definition) is 2. The van der Waals surface area contributed by atoms with Crippen LogP contribution in [0.3, 0.4) is 0 Å². The number of carboxylic acid groups (broad SMARTS) is 2. The minimum Gasteiger partial charge on any atom is -0.473 e. The molecule has 0 aromatic heterocycles. The summed E-state index contributed by atoms with van der Waals surface area (Å²) in [5.41, 5.74) is 3.83. The van der Waals surface area contributed by atoms with Gasteiger partial charge in [0.2, 0.25) is 5.91 Å². The van der Waals surface area contributed by atoms with Crippen LogP contribution in [0.2, 0.25) is 0 Å². The van der Waals surface area contributed by atoms with E-state index in [2.05, 4.69) is 36.1 Å². The first-order chi connectivity index (χ1) is 13.9. The van der Waals surface area contributed by atoms with Gasteiger partial charge < -0.3 is 15.1 Å². The number of carbonyl (C=O) groups excluding carboxylic acids is 1. The minimum absolute atomic E-state index is 0.242. The van der Waals surface area contributed by atoms with E-state index in [0.717, 1.165) is 38.3 Å². The smallest absolute Gasteiger partial charge is 0.414 e. The SMILES string of the molecule is Cc1ccccc1CN1CCN(C(=O)Cc2ccccc2)CC1.O=C(O)C(=O)O. The number of carboxylic acids is 2. The van der Waals surface area contributed by atoms with Crippen molar-refractivity contribution in [1.29, 1.82) is 0 Å². The Morgan fingerprint density at radius 3 is 1.93 bits per heavy atom. The van der Waals surface area contributed by atoms with E-state index in [4.69, 9.17) is 19.8 Å². The summed E-state index contributed by atoms with van der Waals surface area (Å²) >= 11 is 0. The number of carbonyl (C=O) groups is 3. The van der Waals surface area contributed by atoms with Gasteiger partial charge in [-0.3, -0.25) is 9.69 Å². The Morgan fingerprint density at radius 1 is 0.828 bits per heavy atom. The molecule has 0 bridgehead atoms. The number of rotatable bonds is 4. The molecule has 0 spiro atoms. The molecule has 0 radical (unpaired) electrons. The van der Waals surface area contributed by atoms with Gasteiger partial charge in [-0.05, 0) is 23.6 Å². The summed E-state index contributed by atoms with van der Waals surface area (Å²) < 4.78 is 0. The van der Waals surface area contributed by atoms with Crippen molar-refractivity contribution in [1.82, 2.24) is 9.80 Å². The van der Waals surface area contributed by atoms with Crippen LogP contribution in [0.5, 0.6) is 0 Å². The Labute approximate surface area is 170 Å². The molecule has 2 aromatic carbocycles. The van der Waals surface area contributed by atoms with Crippen molar-refractivity contribution in [3.05, 3.63) is 71.3 Å². The summed E-state index contributed by atoms with van der Waals surface area (Å²) in [5.74, 6) is -3.41. The summed E-state index contributed by atoms with van der Waals surface area (Å²) in [5, 5.41) is 14.8. The first-order valence-corrected chi connectivity index (χ1v) is 9.41. The first kappa shape index (κ1) is 22.1. The maximum absolute atomic E-state index is 12.4. The maximum atomic E-state index is 12.4. The molecule has 7 nitrogen and oxygen atoms in total. The molecule has 0 atom stereocenters. The Balaban J connectivity index is 0.000000438. The number of hydrogen-bond acceptors (Lipinski definition) is 4. The molecule has 2 N–H and O–H groups in total. The second-order valence-corrected chi connectivity index (χ2v) is 6.86. The van der Waals surface area contributed by atoms with Gasteiger partial charge in [0.05, 0.1) is 6.42 Å².